The summed E-state index contributed by atoms with van der Waals surface area (Å²) in [5, 5.41) is 0. The number of hydrogen-bond donors (Lipinski definition) is 1. The second kappa shape index (κ2) is 9.53. The van der Waals surface area contributed by atoms with E-state index >= 15 is 0 Å². The minimum atomic E-state index is -3.82. The lowest BCUT2D eigenvalue weighted by Gasteiger charge is -2.19. The molecule has 1 amide bonds. The first-order valence-electron chi connectivity index (χ1n) is 9.48. The number of amides is 1. The van der Waals surface area contributed by atoms with E-state index in [0.29, 0.717) is 23.7 Å². The molecular weight excluding hydrogens is 416 g/mol. The molecule has 3 rings (SSSR count). The molecule has 7 nitrogen and oxygen atoms in total. The Balaban J connectivity index is 1.78. The Bertz CT molecular complexity index is 1160. The fraction of sp³-hybridized carbons (Fsp3) is 0.174. The zero-order valence-corrected chi connectivity index (χ0v) is 18.3. The molecule has 162 valence electrons. The van der Waals surface area contributed by atoms with Gasteiger partial charge < -0.3 is 14.4 Å². The highest BCUT2D eigenvalue weighted by Crippen LogP contribution is 2.28. The summed E-state index contributed by atoms with van der Waals surface area (Å²) in [7, 11) is 0.937. The number of ether oxygens (including phenoxy) is 2. The maximum atomic E-state index is 12.9. The summed E-state index contributed by atoms with van der Waals surface area (Å²) >= 11 is 0. The number of benzene rings is 3. The van der Waals surface area contributed by atoms with Gasteiger partial charge in [-0.3, -0.25) is 9.52 Å². The number of nitrogens with one attached hydrogen (secondary N) is 1. The molecule has 0 aliphatic carbocycles. The molecule has 0 saturated heterocycles. The molecule has 1 N–H and O–H groups in total. The van der Waals surface area contributed by atoms with E-state index in [1.807, 2.05) is 6.07 Å². The summed E-state index contributed by atoms with van der Waals surface area (Å²) in [5.41, 5.74) is 1.58. The summed E-state index contributed by atoms with van der Waals surface area (Å²) in [4.78, 5) is 14.4. The molecule has 0 aliphatic heterocycles. The molecule has 0 fully saturated rings. The second-order valence-corrected chi connectivity index (χ2v) is 8.53. The molecule has 0 unspecified atom stereocenters. The molecule has 8 heteroatoms. The van der Waals surface area contributed by atoms with E-state index < -0.39 is 10.0 Å². The van der Waals surface area contributed by atoms with Crippen molar-refractivity contribution in [3.05, 3.63) is 83.9 Å². The monoisotopic (exact) mass is 440 g/mol. The van der Waals surface area contributed by atoms with E-state index in [4.69, 9.17) is 9.47 Å². The van der Waals surface area contributed by atoms with Crippen molar-refractivity contribution in [3.63, 3.8) is 0 Å². The van der Waals surface area contributed by atoms with E-state index in [-0.39, 0.29) is 16.4 Å². The average Bonchev–Trinajstić information content (AvgIpc) is 2.79. The van der Waals surface area contributed by atoms with Crippen molar-refractivity contribution in [2.75, 3.05) is 26.0 Å². The van der Waals surface area contributed by atoms with Crippen LogP contribution >= 0.6 is 0 Å². The minimum Gasteiger partial charge on any atom is -0.493 e. The van der Waals surface area contributed by atoms with Crippen molar-refractivity contribution in [1.29, 1.82) is 0 Å². The molecule has 0 aliphatic rings. The number of nitrogens with zero attached hydrogens (tertiary/aromatic N) is 1. The number of anilines is 1. The van der Waals surface area contributed by atoms with E-state index in [9.17, 15) is 13.2 Å². The maximum Gasteiger partial charge on any atom is 0.261 e. The number of sulfonamides is 1. The van der Waals surface area contributed by atoms with Gasteiger partial charge in [0.2, 0.25) is 0 Å². The number of rotatable bonds is 8. The molecule has 31 heavy (non-hydrogen) atoms. The van der Waals surface area contributed by atoms with Crippen molar-refractivity contribution in [2.45, 2.75) is 11.4 Å². The van der Waals surface area contributed by atoms with Crippen LogP contribution in [0.15, 0.2) is 77.7 Å². The predicted molar refractivity (Wildman–Crippen MR) is 119 cm³/mol. The fourth-order valence-electron chi connectivity index (χ4n) is 3.06. The first kappa shape index (κ1) is 22.2. The van der Waals surface area contributed by atoms with Crippen LogP contribution in [0.1, 0.15) is 15.9 Å². The smallest absolute Gasteiger partial charge is 0.261 e. The molecule has 0 radical (unpaired) electrons. The zero-order chi connectivity index (χ0) is 22.4. The van der Waals surface area contributed by atoms with Gasteiger partial charge in [-0.05, 0) is 48.0 Å². The summed E-state index contributed by atoms with van der Waals surface area (Å²) in [6.45, 7) is 0.318. The highest BCUT2D eigenvalue weighted by molar-refractivity contribution is 7.92. The van der Waals surface area contributed by atoms with Gasteiger partial charge in [-0.2, -0.15) is 0 Å². The molecular formula is C23H24N2O5S. The lowest BCUT2D eigenvalue weighted by atomic mass is 10.1. The highest BCUT2D eigenvalue weighted by Gasteiger charge is 2.19. The van der Waals surface area contributed by atoms with Crippen LogP contribution in [0.5, 0.6) is 11.5 Å². The third kappa shape index (κ3) is 5.35. The Kier molecular flexibility index (Phi) is 6.81. The summed E-state index contributed by atoms with van der Waals surface area (Å²) in [6.07, 6.45) is 0. The molecule has 0 bridgehead atoms. The Morgan fingerprint density at radius 3 is 2.29 bits per heavy atom. The van der Waals surface area contributed by atoms with Crippen LogP contribution in [-0.2, 0) is 16.6 Å². The molecule has 0 heterocycles. The molecule has 3 aromatic rings. The third-order valence-electron chi connectivity index (χ3n) is 4.63. The highest BCUT2D eigenvalue weighted by atomic mass is 32.2. The maximum absolute atomic E-state index is 12.9. The lowest BCUT2D eigenvalue weighted by molar-refractivity contribution is 0.0784. The minimum absolute atomic E-state index is 0.0155. The Hall–Kier alpha value is -3.52. The van der Waals surface area contributed by atoms with Gasteiger partial charge in [-0.15, -0.1) is 0 Å². The van der Waals surface area contributed by atoms with Gasteiger partial charge in [-0.25, -0.2) is 8.42 Å². The van der Waals surface area contributed by atoms with Crippen LogP contribution in [0.4, 0.5) is 5.69 Å². The fourth-order valence-corrected chi connectivity index (χ4v) is 4.17. The number of para-hydroxylation sites is 1. The lowest BCUT2D eigenvalue weighted by Crippen LogP contribution is -2.26. The molecule has 3 aromatic carbocycles. The van der Waals surface area contributed by atoms with Crippen molar-refractivity contribution >= 4 is 21.6 Å². The van der Waals surface area contributed by atoms with E-state index in [1.54, 1.807) is 75.9 Å². The largest absolute Gasteiger partial charge is 0.493 e. The van der Waals surface area contributed by atoms with E-state index in [0.717, 1.165) is 5.56 Å². The van der Waals surface area contributed by atoms with Crippen LogP contribution < -0.4 is 14.2 Å². The first-order valence-corrected chi connectivity index (χ1v) is 11.0. The Morgan fingerprint density at radius 1 is 0.903 bits per heavy atom. The van der Waals surface area contributed by atoms with Crippen LogP contribution in [-0.4, -0.2) is 40.5 Å². The van der Waals surface area contributed by atoms with Crippen molar-refractivity contribution in [1.82, 2.24) is 4.90 Å². The van der Waals surface area contributed by atoms with Gasteiger partial charge in [0, 0.05) is 24.8 Å². The van der Waals surface area contributed by atoms with Crippen molar-refractivity contribution < 1.29 is 22.7 Å². The quantitative estimate of drug-likeness (QED) is 0.576. The molecule has 0 aromatic heterocycles. The van der Waals surface area contributed by atoms with Gasteiger partial charge in [-0.1, -0.05) is 30.3 Å². The molecule has 0 atom stereocenters. The number of methoxy groups -OCH3 is 2. The zero-order valence-electron chi connectivity index (χ0n) is 17.5. The third-order valence-corrected chi connectivity index (χ3v) is 6.01. The summed E-state index contributed by atoms with van der Waals surface area (Å²) in [6, 6.07) is 20.0. The number of carbonyl (C=O) groups excluding carboxylic acids is 1. The number of hydrogen-bond acceptors (Lipinski definition) is 5. The van der Waals surface area contributed by atoms with E-state index in [2.05, 4.69) is 4.72 Å². The Morgan fingerprint density at radius 2 is 1.61 bits per heavy atom. The number of carbonyl (C=O) groups is 1. The van der Waals surface area contributed by atoms with Crippen LogP contribution in [0.3, 0.4) is 0 Å². The standard InChI is InChI=1S/C23H24N2O5S/c1-25(16-17-12-13-21(29-2)22(14-17)30-3)23(26)18-8-7-11-20(15-18)31(27,28)24-19-9-5-4-6-10-19/h4-15,24H,16H2,1-3H3. The van der Waals surface area contributed by atoms with Crippen molar-refractivity contribution in [3.8, 4) is 11.5 Å². The van der Waals surface area contributed by atoms with Crippen LogP contribution in [0.25, 0.3) is 0 Å². The average molecular weight is 441 g/mol. The SMILES string of the molecule is COc1ccc(CN(C)C(=O)c2cccc(S(=O)(=O)Nc3ccccc3)c2)cc1OC. The van der Waals surface area contributed by atoms with Gasteiger partial charge in [0.05, 0.1) is 19.1 Å². The first-order chi connectivity index (χ1) is 14.8. The van der Waals surface area contributed by atoms with Gasteiger partial charge in [0.25, 0.3) is 15.9 Å². The second-order valence-electron chi connectivity index (χ2n) is 6.85. The van der Waals surface area contributed by atoms with Crippen molar-refractivity contribution in [2.24, 2.45) is 0 Å². The molecule has 0 spiro atoms. The summed E-state index contributed by atoms with van der Waals surface area (Å²) in [5.74, 6) is 0.872. The van der Waals surface area contributed by atoms with Gasteiger partial charge in [0.15, 0.2) is 11.5 Å². The van der Waals surface area contributed by atoms with Gasteiger partial charge in [0.1, 0.15) is 0 Å². The van der Waals surface area contributed by atoms with Gasteiger partial charge >= 0.3 is 0 Å². The summed E-state index contributed by atoms with van der Waals surface area (Å²) < 4.78 is 38.5. The Labute approximate surface area is 182 Å². The van der Waals surface area contributed by atoms with E-state index in [1.165, 1.54) is 17.0 Å². The van der Waals surface area contributed by atoms with Crippen LogP contribution in [0.2, 0.25) is 0 Å². The predicted octanol–water partition coefficient (Wildman–Crippen LogP) is 3.78. The molecule has 0 saturated carbocycles. The topological polar surface area (TPSA) is 84.9 Å². The normalized spacial score (nSPS) is 10.9. The van der Waals surface area contributed by atoms with Crippen LogP contribution in [0, 0.1) is 0 Å².